The lowest BCUT2D eigenvalue weighted by Gasteiger charge is -2.31. The number of rotatable bonds is 5. The van der Waals surface area contributed by atoms with Crippen LogP contribution in [0.3, 0.4) is 0 Å². The molecule has 3 rings (SSSR count). The average molecular weight is 276 g/mol. The molecular formula is C17H28N2O. The Kier molecular flexibility index (Phi) is 4.47. The second-order valence-electron chi connectivity index (χ2n) is 6.83. The van der Waals surface area contributed by atoms with E-state index >= 15 is 0 Å². The molecule has 1 aliphatic heterocycles. The van der Waals surface area contributed by atoms with Gasteiger partial charge in [-0.3, -0.25) is 4.90 Å². The molecule has 2 atom stereocenters. The quantitative estimate of drug-likeness (QED) is 0.891. The Morgan fingerprint density at radius 3 is 3.00 bits per heavy atom. The highest BCUT2D eigenvalue weighted by Crippen LogP contribution is 2.36. The molecule has 1 saturated carbocycles. The Morgan fingerprint density at radius 2 is 2.15 bits per heavy atom. The van der Waals surface area contributed by atoms with Crippen LogP contribution in [0.4, 0.5) is 0 Å². The average Bonchev–Trinajstić information content (AvgIpc) is 3.05. The standard InChI is InChI=1S/C17H28N2O/c1-13(2)18-10-14-9-16(20-12-14)11-19-8-7-15-5-3-4-6-17(15)19/h9,12-13,15,17-18H,3-8,10-11H2,1-2H3. The molecule has 2 aliphatic rings. The molecule has 0 bridgehead atoms. The van der Waals surface area contributed by atoms with Gasteiger partial charge >= 0.3 is 0 Å². The summed E-state index contributed by atoms with van der Waals surface area (Å²) in [5, 5.41) is 3.44. The fourth-order valence-electron chi connectivity index (χ4n) is 3.82. The molecule has 0 aromatic carbocycles. The third-order valence-corrected chi connectivity index (χ3v) is 4.91. The molecule has 20 heavy (non-hydrogen) atoms. The minimum atomic E-state index is 0.523. The highest BCUT2D eigenvalue weighted by Gasteiger charge is 2.35. The van der Waals surface area contributed by atoms with Crippen LogP contribution in [-0.4, -0.2) is 23.5 Å². The summed E-state index contributed by atoms with van der Waals surface area (Å²) in [5.74, 6) is 2.09. The molecule has 3 heteroatoms. The van der Waals surface area contributed by atoms with Crippen molar-refractivity contribution in [1.29, 1.82) is 0 Å². The van der Waals surface area contributed by atoms with Crippen LogP contribution in [0.1, 0.15) is 57.3 Å². The van der Waals surface area contributed by atoms with Crippen LogP contribution < -0.4 is 5.32 Å². The van der Waals surface area contributed by atoms with Crippen LogP contribution in [0.15, 0.2) is 16.7 Å². The predicted molar refractivity (Wildman–Crippen MR) is 81.5 cm³/mol. The summed E-state index contributed by atoms with van der Waals surface area (Å²) in [6.07, 6.45) is 9.02. The van der Waals surface area contributed by atoms with Crippen molar-refractivity contribution in [2.45, 2.75) is 71.1 Å². The first-order valence-electron chi connectivity index (χ1n) is 8.26. The molecule has 1 saturated heterocycles. The molecule has 1 aromatic heterocycles. The molecule has 0 amide bonds. The predicted octanol–water partition coefficient (Wildman–Crippen LogP) is 3.54. The van der Waals surface area contributed by atoms with Crippen molar-refractivity contribution in [3.05, 3.63) is 23.7 Å². The third kappa shape index (κ3) is 3.26. The van der Waals surface area contributed by atoms with E-state index in [1.165, 1.54) is 44.2 Å². The minimum Gasteiger partial charge on any atom is -0.468 e. The number of fused-ring (bicyclic) bond motifs is 1. The molecule has 3 nitrogen and oxygen atoms in total. The lowest BCUT2D eigenvalue weighted by Crippen LogP contribution is -2.34. The Balaban J connectivity index is 1.55. The molecule has 2 fully saturated rings. The number of nitrogens with zero attached hydrogens (tertiary/aromatic N) is 1. The van der Waals surface area contributed by atoms with E-state index in [1.54, 1.807) is 0 Å². The van der Waals surface area contributed by atoms with Crippen LogP contribution in [0, 0.1) is 5.92 Å². The maximum Gasteiger partial charge on any atom is 0.118 e. The van der Waals surface area contributed by atoms with Crippen molar-refractivity contribution < 1.29 is 4.42 Å². The highest BCUT2D eigenvalue weighted by atomic mass is 16.3. The fourth-order valence-corrected chi connectivity index (χ4v) is 3.82. The van der Waals surface area contributed by atoms with Gasteiger partial charge in [0.05, 0.1) is 12.8 Å². The van der Waals surface area contributed by atoms with Gasteiger partial charge in [0, 0.05) is 24.2 Å². The van der Waals surface area contributed by atoms with Crippen molar-refractivity contribution in [1.82, 2.24) is 10.2 Å². The fraction of sp³-hybridized carbons (Fsp3) is 0.765. The van der Waals surface area contributed by atoms with E-state index in [9.17, 15) is 0 Å². The van der Waals surface area contributed by atoms with Crippen molar-refractivity contribution in [2.24, 2.45) is 5.92 Å². The van der Waals surface area contributed by atoms with Gasteiger partial charge < -0.3 is 9.73 Å². The number of likely N-dealkylation sites (tertiary alicyclic amines) is 1. The van der Waals surface area contributed by atoms with Gasteiger partial charge in [-0.05, 0) is 37.8 Å². The molecular weight excluding hydrogens is 248 g/mol. The van der Waals surface area contributed by atoms with Gasteiger partial charge in [0.25, 0.3) is 0 Å². The maximum absolute atomic E-state index is 5.76. The topological polar surface area (TPSA) is 28.4 Å². The van der Waals surface area contributed by atoms with Crippen molar-refractivity contribution >= 4 is 0 Å². The monoisotopic (exact) mass is 276 g/mol. The van der Waals surface area contributed by atoms with Gasteiger partial charge in [-0.15, -0.1) is 0 Å². The molecule has 1 aliphatic carbocycles. The Labute approximate surface area is 122 Å². The first-order chi connectivity index (χ1) is 9.72. The van der Waals surface area contributed by atoms with Crippen molar-refractivity contribution in [3.8, 4) is 0 Å². The van der Waals surface area contributed by atoms with Gasteiger partial charge in [-0.1, -0.05) is 26.7 Å². The smallest absolute Gasteiger partial charge is 0.118 e. The van der Waals surface area contributed by atoms with Crippen LogP contribution in [-0.2, 0) is 13.1 Å². The summed E-state index contributed by atoms with van der Waals surface area (Å²) >= 11 is 0. The van der Waals surface area contributed by atoms with E-state index in [0.29, 0.717) is 6.04 Å². The van der Waals surface area contributed by atoms with E-state index in [1.807, 2.05) is 6.26 Å². The second kappa shape index (κ2) is 6.31. The van der Waals surface area contributed by atoms with Gasteiger partial charge in [0.1, 0.15) is 5.76 Å². The van der Waals surface area contributed by atoms with Crippen LogP contribution in [0.5, 0.6) is 0 Å². The van der Waals surface area contributed by atoms with Gasteiger partial charge in [0.2, 0.25) is 0 Å². The van der Waals surface area contributed by atoms with E-state index in [-0.39, 0.29) is 0 Å². The molecule has 2 unspecified atom stereocenters. The Bertz CT molecular complexity index is 426. The van der Waals surface area contributed by atoms with Gasteiger partial charge in [0.15, 0.2) is 0 Å². The number of hydrogen-bond donors (Lipinski definition) is 1. The lowest BCUT2D eigenvalue weighted by atomic mass is 9.85. The van der Waals surface area contributed by atoms with Gasteiger partial charge in [-0.25, -0.2) is 0 Å². The lowest BCUT2D eigenvalue weighted by molar-refractivity contribution is 0.165. The minimum absolute atomic E-state index is 0.523. The second-order valence-corrected chi connectivity index (χ2v) is 6.83. The van der Waals surface area contributed by atoms with Crippen molar-refractivity contribution in [3.63, 3.8) is 0 Å². The van der Waals surface area contributed by atoms with Crippen LogP contribution >= 0.6 is 0 Å². The summed E-state index contributed by atoms with van der Waals surface area (Å²) in [7, 11) is 0. The molecule has 0 radical (unpaired) electrons. The molecule has 0 spiro atoms. The third-order valence-electron chi connectivity index (χ3n) is 4.91. The van der Waals surface area contributed by atoms with E-state index in [2.05, 4.69) is 30.1 Å². The summed E-state index contributed by atoms with van der Waals surface area (Å²) in [5.41, 5.74) is 1.27. The normalized spacial score (nSPS) is 27.1. The molecule has 2 heterocycles. The highest BCUT2D eigenvalue weighted by molar-refractivity contribution is 5.13. The largest absolute Gasteiger partial charge is 0.468 e. The van der Waals surface area contributed by atoms with Crippen molar-refractivity contribution in [2.75, 3.05) is 6.54 Å². The number of nitrogens with one attached hydrogen (secondary N) is 1. The van der Waals surface area contributed by atoms with Gasteiger partial charge in [-0.2, -0.15) is 0 Å². The van der Waals surface area contributed by atoms with Crippen LogP contribution in [0.2, 0.25) is 0 Å². The van der Waals surface area contributed by atoms with Crippen LogP contribution in [0.25, 0.3) is 0 Å². The Morgan fingerprint density at radius 1 is 1.30 bits per heavy atom. The number of hydrogen-bond acceptors (Lipinski definition) is 3. The Hall–Kier alpha value is -0.800. The zero-order chi connectivity index (χ0) is 13.9. The first kappa shape index (κ1) is 14.2. The maximum atomic E-state index is 5.76. The zero-order valence-electron chi connectivity index (χ0n) is 12.9. The first-order valence-corrected chi connectivity index (χ1v) is 8.26. The summed E-state index contributed by atoms with van der Waals surface area (Å²) in [4.78, 5) is 2.66. The summed E-state index contributed by atoms with van der Waals surface area (Å²) < 4.78 is 5.76. The number of furan rings is 1. The molecule has 1 aromatic rings. The van der Waals surface area contributed by atoms with E-state index in [0.717, 1.165) is 30.8 Å². The molecule has 1 N–H and O–H groups in total. The van der Waals surface area contributed by atoms with E-state index in [4.69, 9.17) is 4.42 Å². The molecule has 112 valence electrons. The van der Waals surface area contributed by atoms with E-state index < -0.39 is 0 Å². The summed E-state index contributed by atoms with van der Waals surface area (Å²) in [6, 6.07) is 3.58. The zero-order valence-corrected chi connectivity index (χ0v) is 12.9. The summed E-state index contributed by atoms with van der Waals surface area (Å²) in [6.45, 7) is 7.52. The SMILES string of the molecule is CC(C)NCc1coc(CN2CCC3CCCCC32)c1.